The van der Waals surface area contributed by atoms with Gasteiger partial charge in [-0.3, -0.25) is 9.59 Å². The Labute approximate surface area is 125 Å². The van der Waals surface area contributed by atoms with Gasteiger partial charge in [0.15, 0.2) is 0 Å². The monoisotopic (exact) mass is 289 g/mol. The summed E-state index contributed by atoms with van der Waals surface area (Å²) in [7, 11) is 0. The summed E-state index contributed by atoms with van der Waals surface area (Å²) < 4.78 is 0. The maximum atomic E-state index is 12.2. The van der Waals surface area contributed by atoms with Gasteiger partial charge in [0, 0.05) is 13.0 Å². The molecule has 0 spiro atoms. The van der Waals surface area contributed by atoms with Crippen molar-refractivity contribution in [3.05, 3.63) is 34.9 Å². The molecule has 4 nitrogen and oxygen atoms in total. The molecule has 0 aliphatic carbocycles. The largest absolute Gasteiger partial charge is 0.481 e. The van der Waals surface area contributed by atoms with Gasteiger partial charge in [-0.2, -0.15) is 0 Å². The molecule has 1 aliphatic heterocycles. The number of carbonyl (C=O) groups excluding carboxylic acids is 1. The van der Waals surface area contributed by atoms with Gasteiger partial charge in [-0.05, 0) is 37.8 Å². The van der Waals surface area contributed by atoms with E-state index in [4.69, 9.17) is 0 Å². The summed E-state index contributed by atoms with van der Waals surface area (Å²) in [5, 5.41) is 9.55. The SMILES string of the molecule is CCCN1C(=O)CCC(C(=O)O)C1c1ccc(C)cc1C. The summed E-state index contributed by atoms with van der Waals surface area (Å²) in [6.45, 7) is 6.63. The van der Waals surface area contributed by atoms with E-state index >= 15 is 0 Å². The highest BCUT2D eigenvalue weighted by molar-refractivity contribution is 5.82. The predicted octanol–water partition coefficient (Wildman–Crippen LogP) is 3.08. The first-order chi connectivity index (χ1) is 9.95. The molecule has 1 aromatic carbocycles. The average molecular weight is 289 g/mol. The van der Waals surface area contributed by atoms with E-state index in [-0.39, 0.29) is 11.9 Å². The molecule has 2 rings (SSSR count). The summed E-state index contributed by atoms with van der Waals surface area (Å²) in [6.07, 6.45) is 1.59. The van der Waals surface area contributed by atoms with Gasteiger partial charge in [-0.25, -0.2) is 0 Å². The molecule has 4 heteroatoms. The number of rotatable bonds is 4. The molecule has 1 fully saturated rings. The zero-order valence-electron chi connectivity index (χ0n) is 12.9. The van der Waals surface area contributed by atoms with Crippen LogP contribution in [0.5, 0.6) is 0 Å². The second kappa shape index (κ2) is 6.29. The third-order valence-electron chi connectivity index (χ3n) is 4.23. The molecular weight excluding hydrogens is 266 g/mol. The first kappa shape index (κ1) is 15.5. The fraction of sp³-hybridized carbons (Fsp3) is 0.529. The number of carboxylic acids is 1. The van der Waals surface area contributed by atoms with Crippen LogP contribution in [0, 0.1) is 19.8 Å². The molecule has 1 aromatic rings. The number of aliphatic carboxylic acids is 1. The van der Waals surface area contributed by atoms with Crippen LogP contribution in [0.1, 0.15) is 48.9 Å². The molecule has 1 amide bonds. The van der Waals surface area contributed by atoms with Crippen molar-refractivity contribution in [3.8, 4) is 0 Å². The number of benzene rings is 1. The Balaban J connectivity index is 2.48. The summed E-state index contributed by atoms with van der Waals surface area (Å²) >= 11 is 0. The van der Waals surface area contributed by atoms with Gasteiger partial charge in [0.05, 0.1) is 12.0 Å². The van der Waals surface area contributed by atoms with E-state index < -0.39 is 11.9 Å². The Hall–Kier alpha value is -1.84. The molecule has 1 N–H and O–H groups in total. The van der Waals surface area contributed by atoms with Gasteiger partial charge in [0.1, 0.15) is 0 Å². The zero-order chi connectivity index (χ0) is 15.6. The van der Waals surface area contributed by atoms with Gasteiger partial charge in [-0.1, -0.05) is 30.7 Å². The Morgan fingerprint density at radius 2 is 2.10 bits per heavy atom. The fourth-order valence-corrected chi connectivity index (χ4v) is 3.26. The Bertz CT molecular complexity index is 553. The molecule has 0 bridgehead atoms. The molecule has 1 aliphatic rings. The van der Waals surface area contributed by atoms with Crippen LogP contribution in [0.25, 0.3) is 0 Å². The van der Waals surface area contributed by atoms with Crippen LogP contribution in [-0.2, 0) is 9.59 Å². The number of carboxylic acid groups (broad SMARTS) is 1. The number of hydrogen-bond acceptors (Lipinski definition) is 2. The number of hydrogen-bond donors (Lipinski definition) is 1. The molecule has 2 unspecified atom stereocenters. The zero-order valence-corrected chi connectivity index (χ0v) is 12.9. The summed E-state index contributed by atoms with van der Waals surface area (Å²) in [5.74, 6) is -1.26. The van der Waals surface area contributed by atoms with Gasteiger partial charge >= 0.3 is 5.97 Å². The summed E-state index contributed by atoms with van der Waals surface area (Å²) in [4.78, 5) is 25.6. The van der Waals surface area contributed by atoms with E-state index in [1.807, 2.05) is 32.9 Å². The topological polar surface area (TPSA) is 57.6 Å². The lowest BCUT2D eigenvalue weighted by atomic mass is 9.82. The smallest absolute Gasteiger partial charge is 0.308 e. The van der Waals surface area contributed by atoms with E-state index in [0.717, 1.165) is 23.1 Å². The van der Waals surface area contributed by atoms with Crippen LogP contribution in [0.3, 0.4) is 0 Å². The molecule has 2 atom stereocenters. The molecule has 1 heterocycles. The van der Waals surface area contributed by atoms with Crippen LogP contribution in [-0.4, -0.2) is 28.4 Å². The number of amides is 1. The maximum absolute atomic E-state index is 12.2. The third-order valence-corrected chi connectivity index (χ3v) is 4.23. The lowest BCUT2D eigenvalue weighted by molar-refractivity contribution is -0.152. The predicted molar refractivity (Wildman–Crippen MR) is 81.0 cm³/mol. The molecule has 21 heavy (non-hydrogen) atoms. The van der Waals surface area contributed by atoms with Crippen LogP contribution in [0.15, 0.2) is 18.2 Å². The van der Waals surface area contributed by atoms with Gasteiger partial charge < -0.3 is 10.0 Å². The molecular formula is C17H23NO3. The van der Waals surface area contributed by atoms with Crippen LogP contribution >= 0.6 is 0 Å². The van der Waals surface area contributed by atoms with E-state index in [1.165, 1.54) is 0 Å². The van der Waals surface area contributed by atoms with Crippen molar-refractivity contribution in [3.63, 3.8) is 0 Å². The van der Waals surface area contributed by atoms with E-state index in [2.05, 4.69) is 6.07 Å². The second-order valence-corrected chi connectivity index (χ2v) is 5.88. The number of aryl methyl sites for hydroxylation is 2. The van der Waals surface area contributed by atoms with Crippen molar-refractivity contribution in [2.24, 2.45) is 5.92 Å². The number of piperidine rings is 1. The Morgan fingerprint density at radius 1 is 1.38 bits per heavy atom. The Kier molecular flexibility index (Phi) is 4.66. The summed E-state index contributed by atoms with van der Waals surface area (Å²) in [5.41, 5.74) is 3.17. The molecule has 1 saturated heterocycles. The van der Waals surface area contributed by atoms with Crippen LogP contribution in [0.4, 0.5) is 0 Å². The van der Waals surface area contributed by atoms with Crippen molar-refractivity contribution in [2.75, 3.05) is 6.54 Å². The minimum Gasteiger partial charge on any atom is -0.481 e. The Morgan fingerprint density at radius 3 is 2.67 bits per heavy atom. The fourth-order valence-electron chi connectivity index (χ4n) is 3.26. The van der Waals surface area contributed by atoms with Gasteiger partial charge in [0.25, 0.3) is 0 Å². The lowest BCUT2D eigenvalue weighted by Gasteiger charge is -2.40. The standard InChI is InChI=1S/C17H23NO3/c1-4-9-18-15(19)8-7-14(17(20)21)16(18)13-6-5-11(2)10-12(13)3/h5-6,10,14,16H,4,7-9H2,1-3H3,(H,20,21). The highest BCUT2D eigenvalue weighted by atomic mass is 16.4. The van der Waals surface area contributed by atoms with Gasteiger partial charge in [-0.15, -0.1) is 0 Å². The highest BCUT2D eigenvalue weighted by Crippen LogP contribution is 2.38. The number of nitrogens with zero attached hydrogens (tertiary/aromatic N) is 1. The normalized spacial score (nSPS) is 22.4. The van der Waals surface area contributed by atoms with E-state index in [0.29, 0.717) is 19.4 Å². The van der Waals surface area contributed by atoms with E-state index in [9.17, 15) is 14.7 Å². The molecule has 114 valence electrons. The second-order valence-electron chi connectivity index (χ2n) is 5.88. The maximum Gasteiger partial charge on any atom is 0.308 e. The lowest BCUT2D eigenvalue weighted by Crippen LogP contribution is -2.45. The van der Waals surface area contributed by atoms with Crippen LogP contribution < -0.4 is 0 Å². The van der Waals surface area contributed by atoms with Crippen molar-refractivity contribution in [1.82, 2.24) is 4.90 Å². The van der Waals surface area contributed by atoms with Crippen molar-refractivity contribution in [2.45, 2.75) is 46.1 Å². The first-order valence-electron chi connectivity index (χ1n) is 7.55. The van der Waals surface area contributed by atoms with Crippen molar-refractivity contribution in [1.29, 1.82) is 0 Å². The number of likely N-dealkylation sites (tertiary alicyclic amines) is 1. The number of carbonyl (C=O) groups is 2. The molecule has 0 aromatic heterocycles. The molecule has 0 saturated carbocycles. The third kappa shape index (κ3) is 3.09. The quantitative estimate of drug-likeness (QED) is 0.926. The van der Waals surface area contributed by atoms with Crippen LogP contribution in [0.2, 0.25) is 0 Å². The van der Waals surface area contributed by atoms with Crippen molar-refractivity contribution < 1.29 is 14.7 Å². The average Bonchev–Trinajstić information content (AvgIpc) is 2.41. The van der Waals surface area contributed by atoms with Crippen molar-refractivity contribution >= 4 is 11.9 Å². The van der Waals surface area contributed by atoms with E-state index in [1.54, 1.807) is 4.90 Å². The minimum absolute atomic E-state index is 0.0688. The van der Waals surface area contributed by atoms with Gasteiger partial charge in [0.2, 0.25) is 5.91 Å². The minimum atomic E-state index is -0.812. The molecule has 0 radical (unpaired) electrons. The summed E-state index contributed by atoms with van der Waals surface area (Å²) in [6, 6.07) is 5.68. The highest BCUT2D eigenvalue weighted by Gasteiger charge is 2.40. The first-order valence-corrected chi connectivity index (χ1v) is 7.55.